The molecule has 170 valence electrons. The van der Waals surface area contributed by atoms with Crippen molar-refractivity contribution in [1.29, 1.82) is 0 Å². The van der Waals surface area contributed by atoms with Crippen LogP contribution >= 0.6 is 0 Å². The average molecular weight is 455 g/mol. The molecular weight excluding hydrogens is 434 g/mol. The van der Waals surface area contributed by atoms with E-state index < -0.39 is 0 Å². The number of rotatable bonds is 5. The lowest BCUT2D eigenvalue weighted by molar-refractivity contribution is -0.118. The van der Waals surface area contributed by atoms with Crippen LogP contribution in [0.2, 0.25) is 0 Å². The van der Waals surface area contributed by atoms with Gasteiger partial charge in [0.1, 0.15) is 11.2 Å². The molecule has 0 saturated heterocycles. The maximum atomic E-state index is 12.2. The highest BCUT2D eigenvalue weighted by atomic mass is 16.2. The van der Waals surface area contributed by atoms with Crippen LogP contribution in [0.25, 0.3) is 44.7 Å². The summed E-state index contributed by atoms with van der Waals surface area (Å²) in [7, 11) is 1.56. The smallest absolute Gasteiger partial charge is 0.254 e. The van der Waals surface area contributed by atoms with Gasteiger partial charge in [-0.1, -0.05) is 13.8 Å². The van der Waals surface area contributed by atoms with Crippen LogP contribution in [-0.4, -0.2) is 54.0 Å². The van der Waals surface area contributed by atoms with Gasteiger partial charge in [0.05, 0.1) is 34.5 Å². The fourth-order valence-electron chi connectivity index (χ4n) is 3.54. The number of amides is 2. The van der Waals surface area contributed by atoms with Gasteiger partial charge >= 0.3 is 0 Å². The number of anilines is 1. The number of aromatic nitrogens is 7. The lowest BCUT2D eigenvalue weighted by atomic mass is 10.1. The lowest BCUT2D eigenvalue weighted by Crippen LogP contribution is -2.18. The van der Waals surface area contributed by atoms with Crippen molar-refractivity contribution in [3.63, 3.8) is 0 Å². The van der Waals surface area contributed by atoms with Gasteiger partial charge in [-0.15, -0.1) is 0 Å². The highest BCUT2D eigenvalue weighted by molar-refractivity contribution is 6.05. The third-order valence-corrected chi connectivity index (χ3v) is 5.38. The summed E-state index contributed by atoms with van der Waals surface area (Å²) in [6, 6.07) is 3.77. The number of pyridine rings is 3. The Balaban J connectivity index is 1.56. The molecule has 5 aromatic heterocycles. The maximum Gasteiger partial charge on any atom is 0.254 e. The van der Waals surface area contributed by atoms with E-state index in [2.05, 4.69) is 45.8 Å². The molecule has 0 radical (unpaired) electrons. The van der Waals surface area contributed by atoms with Crippen molar-refractivity contribution in [2.45, 2.75) is 13.8 Å². The number of carbonyl (C=O) groups is 2. The first-order chi connectivity index (χ1) is 16.4. The van der Waals surface area contributed by atoms with Gasteiger partial charge in [-0.2, -0.15) is 5.10 Å². The van der Waals surface area contributed by atoms with Crippen molar-refractivity contribution in [2.24, 2.45) is 5.92 Å². The molecule has 0 spiro atoms. The number of H-pyrrole nitrogens is 2. The highest BCUT2D eigenvalue weighted by Crippen LogP contribution is 2.30. The molecule has 0 saturated carbocycles. The molecule has 2 amide bonds. The molecular formula is C23H21N9O2. The topological polar surface area (TPSA) is 154 Å². The number of nitrogens with zero attached hydrogens (tertiary/aromatic N) is 5. The molecule has 0 bridgehead atoms. The quantitative estimate of drug-likeness (QED) is 0.318. The van der Waals surface area contributed by atoms with Crippen molar-refractivity contribution in [3.05, 3.63) is 48.7 Å². The summed E-state index contributed by atoms with van der Waals surface area (Å²) in [4.78, 5) is 44.9. The van der Waals surface area contributed by atoms with Gasteiger partial charge in [-0.25, -0.2) is 9.97 Å². The van der Waals surface area contributed by atoms with Crippen molar-refractivity contribution in [3.8, 4) is 22.6 Å². The largest absolute Gasteiger partial charge is 0.355 e. The van der Waals surface area contributed by atoms with E-state index in [0.29, 0.717) is 39.4 Å². The van der Waals surface area contributed by atoms with E-state index in [0.717, 1.165) is 16.5 Å². The van der Waals surface area contributed by atoms with E-state index in [1.54, 1.807) is 31.8 Å². The predicted octanol–water partition coefficient (Wildman–Crippen LogP) is 2.91. The van der Waals surface area contributed by atoms with E-state index in [1.165, 1.54) is 6.20 Å². The van der Waals surface area contributed by atoms with Crippen LogP contribution < -0.4 is 10.6 Å². The fourth-order valence-corrected chi connectivity index (χ4v) is 3.54. The Morgan fingerprint density at radius 1 is 1.00 bits per heavy atom. The number of aromatic amines is 2. The van der Waals surface area contributed by atoms with Gasteiger partial charge < -0.3 is 15.6 Å². The van der Waals surface area contributed by atoms with E-state index in [1.807, 2.05) is 26.0 Å². The summed E-state index contributed by atoms with van der Waals surface area (Å²) >= 11 is 0. The van der Waals surface area contributed by atoms with Crippen LogP contribution in [0.5, 0.6) is 0 Å². The average Bonchev–Trinajstić information content (AvgIpc) is 3.47. The van der Waals surface area contributed by atoms with Gasteiger partial charge in [0.2, 0.25) is 5.91 Å². The van der Waals surface area contributed by atoms with Crippen molar-refractivity contribution < 1.29 is 9.59 Å². The van der Waals surface area contributed by atoms with Gasteiger partial charge in [-0.3, -0.25) is 24.7 Å². The fraction of sp³-hybridized carbons (Fsp3) is 0.174. The molecule has 0 aromatic carbocycles. The molecule has 5 heterocycles. The Morgan fingerprint density at radius 3 is 2.59 bits per heavy atom. The zero-order valence-corrected chi connectivity index (χ0v) is 18.7. The summed E-state index contributed by atoms with van der Waals surface area (Å²) in [6.45, 7) is 3.66. The van der Waals surface area contributed by atoms with E-state index in [4.69, 9.17) is 0 Å². The molecule has 5 rings (SSSR count). The first-order valence-corrected chi connectivity index (χ1v) is 10.6. The SMILES string of the molecule is CNC(=O)c1cncc2[nH]c(-c3[nH]nc4ncc(-c5cncc(NC(=O)C(C)C)c5)cc34)nc12. The number of nitrogens with one attached hydrogen (secondary N) is 4. The summed E-state index contributed by atoms with van der Waals surface area (Å²) in [5, 5.41) is 13.5. The molecule has 4 N–H and O–H groups in total. The minimum atomic E-state index is -0.272. The molecule has 0 aliphatic heterocycles. The normalized spacial score (nSPS) is 11.3. The minimum Gasteiger partial charge on any atom is -0.355 e. The third kappa shape index (κ3) is 3.72. The summed E-state index contributed by atoms with van der Waals surface area (Å²) < 4.78 is 0. The molecule has 34 heavy (non-hydrogen) atoms. The zero-order chi connectivity index (χ0) is 23.8. The van der Waals surface area contributed by atoms with Crippen LogP contribution in [-0.2, 0) is 4.79 Å². The molecule has 5 aromatic rings. The van der Waals surface area contributed by atoms with E-state index >= 15 is 0 Å². The number of hydrogen-bond acceptors (Lipinski definition) is 7. The Labute approximate surface area is 193 Å². The van der Waals surface area contributed by atoms with E-state index in [9.17, 15) is 9.59 Å². The van der Waals surface area contributed by atoms with Gasteiger partial charge in [0.15, 0.2) is 11.5 Å². The van der Waals surface area contributed by atoms with Crippen molar-refractivity contribution in [1.82, 2.24) is 40.4 Å². The van der Waals surface area contributed by atoms with Gasteiger partial charge in [0, 0.05) is 42.7 Å². The highest BCUT2D eigenvalue weighted by Gasteiger charge is 2.18. The van der Waals surface area contributed by atoms with Crippen LogP contribution in [0.4, 0.5) is 5.69 Å². The predicted molar refractivity (Wildman–Crippen MR) is 127 cm³/mol. The van der Waals surface area contributed by atoms with Gasteiger partial charge in [0.25, 0.3) is 5.91 Å². The number of fused-ring (bicyclic) bond motifs is 2. The second-order valence-corrected chi connectivity index (χ2v) is 8.05. The number of hydrogen-bond donors (Lipinski definition) is 4. The summed E-state index contributed by atoms with van der Waals surface area (Å²) in [5.41, 5.74) is 4.84. The lowest BCUT2D eigenvalue weighted by Gasteiger charge is -2.09. The first kappa shape index (κ1) is 21.2. The van der Waals surface area contributed by atoms with Crippen LogP contribution in [0.1, 0.15) is 24.2 Å². The standard InChI is InChI=1S/C23H21N9O2/c1-11(2)22(33)28-14-4-12(6-25-8-14)13-5-15-19(31-32-20(15)27-7-13)21-29-17-10-26-9-16(18(17)30-21)23(34)24-3/h4-11H,1-3H3,(H,24,34)(H,28,33)(H,29,30)(H,27,31,32). The summed E-state index contributed by atoms with van der Waals surface area (Å²) in [5.74, 6) is 0.00965. The number of carbonyl (C=O) groups excluding carboxylic acids is 2. The van der Waals surface area contributed by atoms with Crippen LogP contribution in [0.3, 0.4) is 0 Å². The number of imidazole rings is 1. The molecule has 0 aliphatic carbocycles. The Hall–Kier alpha value is -4.67. The van der Waals surface area contributed by atoms with Gasteiger partial charge in [-0.05, 0) is 12.1 Å². The summed E-state index contributed by atoms with van der Waals surface area (Å²) in [6.07, 6.45) is 8.10. The molecule has 11 heteroatoms. The third-order valence-electron chi connectivity index (χ3n) is 5.38. The minimum absolute atomic E-state index is 0.0832. The molecule has 0 aliphatic rings. The maximum absolute atomic E-state index is 12.2. The zero-order valence-electron chi connectivity index (χ0n) is 18.7. The Kier molecular flexibility index (Phi) is 5.21. The van der Waals surface area contributed by atoms with Crippen molar-refractivity contribution in [2.75, 3.05) is 12.4 Å². The van der Waals surface area contributed by atoms with E-state index in [-0.39, 0.29) is 17.7 Å². The molecule has 11 nitrogen and oxygen atoms in total. The first-order valence-electron chi connectivity index (χ1n) is 10.6. The Bertz CT molecular complexity index is 1550. The monoisotopic (exact) mass is 455 g/mol. The molecule has 0 fully saturated rings. The molecule has 0 atom stereocenters. The second-order valence-electron chi connectivity index (χ2n) is 8.05. The second kappa shape index (κ2) is 8.35. The molecule has 0 unspecified atom stereocenters. The van der Waals surface area contributed by atoms with Crippen molar-refractivity contribution >= 4 is 39.6 Å². The Morgan fingerprint density at radius 2 is 1.79 bits per heavy atom. The van der Waals surface area contributed by atoms with Crippen LogP contribution in [0.15, 0.2) is 43.1 Å². The van der Waals surface area contributed by atoms with Crippen LogP contribution in [0, 0.1) is 5.92 Å².